The van der Waals surface area contributed by atoms with Gasteiger partial charge in [-0.25, -0.2) is 0 Å². The highest BCUT2D eigenvalue weighted by molar-refractivity contribution is 4.84. The first-order chi connectivity index (χ1) is 10.9. The Labute approximate surface area is 145 Å². The van der Waals surface area contributed by atoms with E-state index in [-0.39, 0.29) is 5.60 Å². The molecule has 0 heterocycles. The van der Waals surface area contributed by atoms with Crippen LogP contribution in [0.5, 0.6) is 0 Å². The highest BCUT2D eigenvalue weighted by Crippen LogP contribution is 2.37. The lowest BCUT2D eigenvalue weighted by molar-refractivity contribution is -0.0731. The predicted molar refractivity (Wildman–Crippen MR) is 101 cm³/mol. The van der Waals surface area contributed by atoms with Gasteiger partial charge in [0.25, 0.3) is 0 Å². The van der Waals surface area contributed by atoms with Crippen molar-refractivity contribution in [2.45, 2.75) is 72.8 Å². The van der Waals surface area contributed by atoms with Gasteiger partial charge in [-0.1, -0.05) is 34.6 Å². The van der Waals surface area contributed by atoms with Gasteiger partial charge in [0.15, 0.2) is 0 Å². The molecule has 0 aromatic carbocycles. The summed E-state index contributed by atoms with van der Waals surface area (Å²) in [4.78, 5) is 5.03. The third-order valence-corrected chi connectivity index (χ3v) is 5.96. The largest absolute Gasteiger partial charge is 0.374 e. The van der Waals surface area contributed by atoms with Gasteiger partial charge in [0.1, 0.15) is 0 Å². The Kier molecular flexibility index (Phi) is 9.72. The molecule has 0 N–H and O–H groups in total. The maximum absolute atomic E-state index is 6.34. The Balaban J connectivity index is 2.26. The van der Waals surface area contributed by atoms with Crippen LogP contribution in [0.2, 0.25) is 0 Å². The summed E-state index contributed by atoms with van der Waals surface area (Å²) in [6.07, 6.45) is 5.16. The van der Waals surface area contributed by atoms with Crippen LogP contribution in [0, 0.1) is 11.8 Å². The molecule has 0 aromatic heterocycles. The molecule has 0 aromatic rings. The van der Waals surface area contributed by atoms with Gasteiger partial charge in [0.05, 0.1) is 12.2 Å². The van der Waals surface area contributed by atoms with Crippen molar-refractivity contribution in [2.75, 3.05) is 45.9 Å². The summed E-state index contributed by atoms with van der Waals surface area (Å²) >= 11 is 0. The number of hydrogen-bond acceptors (Lipinski definition) is 3. The second kappa shape index (κ2) is 10.7. The highest BCUT2D eigenvalue weighted by atomic mass is 16.5. The summed E-state index contributed by atoms with van der Waals surface area (Å²) < 4.78 is 6.34. The Hall–Kier alpha value is -0.120. The Morgan fingerprint density at radius 1 is 0.913 bits per heavy atom. The minimum atomic E-state index is 0.129. The predicted octanol–water partition coefficient (Wildman–Crippen LogP) is 4.27. The molecule has 23 heavy (non-hydrogen) atoms. The van der Waals surface area contributed by atoms with Gasteiger partial charge in [-0.05, 0) is 64.1 Å². The SMILES string of the molecule is CCN(CC)CCN(CC)CCOC1(C)CCC(C(C)C)CC1. The van der Waals surface area contributed by atoms with Gasteiger partial charge in [0, 0.05) is 19.6 Å². The summed E-state index contributed by atoms with van der Waals surface area (Å²) in [5.74, 6) is 1.74. The molecule has 138 valence electrons. The van der Waals surface area contributed by atoms with Crippen molar-refractivity contribution in [3.8, 4) is 0 Å². The molecule has 3 heteroatoms. The first-order valence-corrected chi connectivity index (χ1v) is 10.0. The van der Waals surface area contributed by atoms with Gasteiger partial charge in [-0.2, -0.15) is 0 Å². The average Bonchev–Trinajstić information content (AvgIpc) is 2.54. The molecule has 3 nitrogen and oxygen atoms in total. The Bertz CT molecular complexity index is 294. The standard InChI is InChI=1S/C20H42N2O/c1-7-21(8-2)14-15-22(9-3)16-17-23-20(6)12-10-19(11-13-20)18(4)5/h18-19H,7-17H2,1-6H3. The zero-order valence-electron chi connectivity index (χ0n) is 16.7. The molecular formula is C20H42N2O. The van der Waals surface area contributed by atoms with E-state index in [4.69, 9.17) is 4.74 Å². The summed E-state index contributed by atoms with van der Waals surface area (Å²) in [6, 6.07) is 0. The second-order valence-corrected chi connectivity index (χ2v) is 7.84. The zero-order chi connectivity index (χ0) is 17.3. The first kappa shape index (κ1) is 20.9. The lowest BCUT2D eigenvalue weighted by atomic mass is 9.75. The molecule has 0 atom stereocenters. The Morgan fingerprint density at radius 2 is 1.43 bits per heavy atom. The van der Waals surface area contributed by atoms with Gasteiger partial charge in [0.2, 0.25) is 0 Å². The minimum absolute atomic E-state index is 0.129. The molecule has 1 aliphatic carbocycles. The monoisotopic (exact) mass is 326 g/mol. The van der Waals surface area contributed by atoms with E-state index in [0.717, 1.165) is 51.2 Å². The molecule has 1 saturated carbocycles. The summed E-state index contributed by atoms with van der Waals surface area (Å²) in [5, 5.41) is 0. The Morgan fingerprint density at radius 3 is 1.91 bits per heavy atom. The van der Waals surface area contributed by atoms with Crippen molar-refractivity contribution in [3.63, 3.8) is 0 Å². The van der Waals surface area contributed by atoms with Crippen molar-refractivity contribution >= 4 is 0 Å². The molecule has 1 rings (SSSR count). The molecule has 1 aliphatic rings. The van der Waals surface area contributed by atoms with Crippen LogP contribution >= 0.6 is 0 Å². The van der Waals surface area contributed by atoms with E-state index in [9.17, 15) is 0 Å². The number of nitrogens with zero attached hydrogens (tertiary/aromatic N) is 2. The number of rotatable bonds is 11. The second-order valence-electron chi connectivity index (χ2n) is 7.84. The van der Waals surface area contributed by atoms with Crippen LogP contribution in [-0.2, 0) is 4.74 Å². The lowest BCUT2D eigenvalue weighted by Crippen LogP contribution is -2.40. The molecule has 0 aliphatic heterocycles. The van der Waals surface area contributed by atoms with Crippen LogP contribution in [0.1, 0.15) is 67.2 Å². The molecule has 0 unspecified atom stereocenters. The quantitative estimate of drug-likeness (QED) is 0.564. The fraction of sp³-hybridized carbons (Fsp3) is 1.00. The molecule has 0 amide bonds. The van der Waals surface area contributed by atoms with Crippen LogP contribution in [0.15, 0.2) is 0 Å². The third-order valence-electron chi connectivity index (χ3n) is 5.96. The number of ether oxygens (including phenoxy) is 1. The van der Waals surface area contributed by atoms with E-state index in [2.05, 4.69) is 51.3 Å². The van der Waals surface area contributed by atoms with E-state index >= 15 is 0 Å². The fourth-order valence-corrected chi connectivity index (χ4v) is 3.73. The summed E-state index contributed by atoms with van der Waals surface area (Å²) in [7, 11) is 0. The topological polar surface area (TPSA) is 15.7 Å². The number of hydrogen-bond donors (Lipinski definition) is 0. The van der Waals surface area contributed by atoms with Gasteiger partial charge >= 0.3 is 0 Å². The van der Waals surface area contributed by atoms with E-state index in [1.54, 1.807) is 0 Å². The van der Waals surface area contributed by atoms with E-state index in [1.165, 1.54) is 32.2 Å². The normalized spacial score (nSPS) is 25.7. The molecule has 1 fully saturated rings. The average molecular weight is 327 g/mol. The fourth-order valence-electron chi connectivity index (χ4n) is 3.73. The van der Waals surface area contributed by atoms with Crippen LogP contribution in [0.25, 0.3) is 0 Å². The lowest BCUT2D eigenvalue weighted by Gasteiger charge is -2.39. The first-order valence-electron chi connectivity index (χ1n) is 10.0. The van der Waals surface area contributed by atoms with E-state index < -0.39 is 0 Å². The van der Waals surface area contributed by atoms with Gasteiger partial charge < -0.3 is 14.5 Å². The maximum atomic E-state index is 6.34. The minimum Gasteiger partial charge on any atom is -0.374 e. The van der Waals surface area contributed by atoms with Gasteiger partial charge in [-0.15, -0.1) is 0 Å². The van der Waals surface area contributed by atoms with E-state index in [1.807, 2.05) is 0 Å². The van der Waals surface area contributed by atoms with Crippen molar-refractivity contribution in [1.82, 2.24) is 9.80 Å². The smallest absolute Gasteiger partial charge is 0.0655 e. The van der Waals surface area contributed by atoms with Crippen LogP contribution in [0.4, 0.5) is 0 Å². The third kappa shape index (κ3) is 7.53. The summed E-state index contributed by atoms with van der Waals surface area (Å²) in [6.45, 7) is 21.5. The molecular weight excluding hydrogens is 284 g/mol. The highest BCUT2D eigenvalue weighted by Gasteiger charge is 2.32. The molecule has 0 bridgehead atoms. The van der Waals surface area contributed by atoms with Crippen LogP contribution < -0.4 is 0 Å². The van der Waals surface area contributed by atoms with Crippen molar-refractivity contribution in [2.24, 2.45) is 11.8 Å². The zero-order valence-corrected chi connectivity index (χ0v) is 16.7. The van der Waals surface area contributed by atoms with Crippen molar-refractivity contribution < 1.29 is 4.74 Å². The summed E-state index contributed by atoms with van der Waals surface area (Å²) in [5.41, 5.74) is 0.129. The number of likely N-dealkylation sites (N-methyl/N-ethyl adjacent to an activating group) is 2. The maximum Gasteiger partial charge on any atom is 0.0655 e. The molecule has 0 radical (unpaired) electrons. The molecule has 0 saturated heterocycles. The van der Waals surface area contributed by atoms with Crippen LogP contribution in [0.3, 0.4) is 0 Å². The van der Waals surface area contributed by atoms with Gasteiger partial charge in [-0.3, -0.25) is 0 Å². The van der Waals surface area contributed by atoms with Crippen LogP contribution in [-0.4, -0.2) is 61.3 Å². The van der Waals surface area contributed by atoms with Crippen molar-refractivity contribution in [1.29, 1.82) is 0 Å². The van der Waals surface area contributed by atoms with Crippen molar-refractivity contribution in [3.05, 3.63) is 0 Å². The van der Waals surface area contributed by atoms with E-state index in [0.29, 0.717) is 0 Å². The molecule has 0 spiro atoms.